The highest BCUT2D eigenvalue weighted by molar-refractivity contribution is 7.91. The van der Waals surface area contributed by atoms with Gasteiger partial charge in [0.25, 0.3) is 0 Å². The number of hydrogen-bond donors (Lipinski definition) is 1. The van der Waals surface area contributed by atoms with Crippen LogP contribution in [0.3, 0.4) is 0 Å². The fourth-order valence-electron chi connectivity index (χ4n) is 3.64. The average Bonchev–Trinajstić information content (AvgIpc) is 3.04. The molecule has 4 rings (SSSR count). The lowest BCUT2D eigenvalue weighted by Gasteiger charge is -2.34. The number of nitrogens with zero attached hydrogens (tertiary/aromatic N) is 5. The number of aromatic nitrogens is 3. The second-order valence-electron chi connectivity index (χ2n) is 7.39. The zero-order valence-corrected chi connectivity index (χ0v) is 18.5. The maximum atomic E-state index is 13.8. The molecule has 7 nitrogen and oxygen atoms in total. The maximum absolute atomic E-state index is 13.8. The molecule has 0 unspecified atom stereocenters. The van der Waals surface area contributed by atoms with Crippen molar-refractivity contribution in [1.29, 1.82) is 0 Å². The summed E-state index contributed by atoms with van der Waals surface area (Å²) in [7, 11) is -2.23. The molecule has 166 valence electrons. The predicted octanol–water partition coefficient (Wildman–Crippen LogP) is 2.93. The topological polar surface area (TPSA) is 70.8 Å². The van der Waals surface area contributed by atoms with Crippen molar-refractivity contribution in [1.82, 2.24) is 19.5 Å². The van der Waals surface area contributed by atoms with E-state index in [1.165, 1.54) is 23.6 Å². The van der Waals surface area contributed by atoms with Gasteiger partial charge in [-0.25, -0.2) is 13.4 Å². The number of anilines is 1. The third-order valence-corrected chi connectivity index (χ3v) is 7.55. The van der Waals surface area contributed by atoms with Gasteiger partial charge < -0.3 is 9.80 Å². The largest absolute Gasteiger partial charge is 0.434 e. The number of piperazine rings is 1. The molecule has 1 aliphatic rings. The maximum Gasteiger partial charge on any atom is 0.434 e. The first-order chi connectivity index (χ1) is 14.5. The van der Waals surface area contributed by atoms with Gasteiger partial charge in [-0.3, -0.25) is 0 Å². The van der Waals surface area contributed by atoms with Crippen LogP contribution in [0, 0.1) is 6.92 Å². The molecule has 0 saturated carbocycles. The van der Waals surface area contributed by atoms with E-state index in [0.29, 0.717) is 26.2 Å². The first kappa shape index (κ1) is 21.9. The second-order valence-corrected chi connectivity index (χ2v) is 9.72. The number of fused-ring (bicyclic) bond motifs is 1. The number of halogens is 3. The van der Waals surface area contributed by atoms with E-state index in [4.69, 9.17) is 0 Å². The number of hydrogen-bond acceptors (Lipinski definition) is 7. The number of alkyl halides is 3. The number of benzene rings is 1. The Morgan fingerprint density at radius 1 is 1.06 bits per heavy atom. The summed E-state index contributed by atoms with van der Waals surface area (Å²) in [5.41, 5.74) is -1.53. The zero-order valence-electron chi connectivity index (χ0n) is 16.8. The number of rotatable bonds is 3. The molecule has 0 bridgehead atoms. The fraction of sp³-hybridized carbons (Fsp3) is 0.368. The molecule has 3 aromatic rings. The molecular formula is C19H20F3N5O2S2. The summed E-state index contributed by atoms with van der Waals surface area (Å²) in [5.74, 6) is 0.0892. The van der Waals surface area contributed by atoms with Gasteiger partial charge >= 0.3 is 6.18 Å². The van der Waals surface area contributed by atoms with Crippen LogP contribution in [0.25, 0.3) is 5.65 Å². The molecule has 31 heavy (non-hydrogen) atoms. The van der Waals surface area contributed by atoms with Gasteiger partial charge in [0.05, 0.1) is 15.5 Å². The van der Waals surface area contributed by atoms with Crippen LogP contribution in [-0.2, 0) is 16.0 Å². The molecule has 0 amide bonds. The number of thiol groups is 1. The lowest BCUT2D eigenvalue weighted by molar-refractivity contribution is -0.143. The Kier molecular flexibility index (Phi) is 5.42. The quantitative estimate of drug-likeness (QED) is 0.593. The van der Waals surface area contributed by atoms with Crippen molar-refractivity contribution in [2.75, 3.05) is 38.1 Å². The van der Waals surface area contributed by atoms with Crippen molar-refractivity contribution in [2.24, 2.45) is 0 Å². The first-order valence-electron chi connectivity index (χ1n) is 9.45. The second kappa shape index (κ2) is 7.68. The molecule has 0 radical (unpaired) electrons. The van der Waals surface area contributed by atoms with Crippen molar-refractivity contribution < 1.29 is 21.6 Å². The number of aryl methyl sites for hydroxylation is 1. The van der Waals surface area contributed by atoms with Gasteiger partial charge in [-0.2, -0.15) is 22.8 Å². The van der Waals surface area contributed by atoms with Crippen LogP contribution in [0.4, 0.5) is 19.0 Å². The van der Waals surface area contributed by atoms with Gasteiger partial charge in [0, 0.05) is 26.2 Å². The van der Waals surface area contributed by atoms with Crippen LogP contribution in [0.2, 0.25) is 0 Å². The van der Waals surface area contributed by atoms with Gasteiger partial charge in [0.2, 0.25) is 9.84 Å². The van der Waals surface area contributed by atoms with Crippen molar-refractivity contribution in [2.45, 2.75) is 27.8 Å². The molecule has 1 saturated heterocycles. The molecule has 0 aliphatic carbocycles. The standard InChI is InChI=1S/C19H20F3N5O2S2/c1-12-15(31(28,29)13-6-4-3-5-7-13)17-23-16(19(20,21)22)14(30)18(27(17)24-12)26-10-8-25(2)9-11-26/h3-7,30H,8-11H2,1-2H3. The van der Waals surface area contributed by atoms with Gasteiger partial charge in [0.15, 0.2) is 11.3 Å². The summed E-state index contributed by atoms with van der Waals surface area (Å²) in [4.78, 5) is 6.74. The smallest absolute Gasteiger partial charge is 0.353 e. The van der Waals surface area contributed by atoms with Crippen molar-refractivity contribution >= 4 is 33.9 Å². The van der Waals surface area contributed by atoms with E-state index in [1.807, 2.05) is 7.05 Å². The predicted molar refractivity (Wildman–Crippen MR) is 112 cm³/mol. The number of sulfone groups is 1. The summed E-state index contributed by atoms with van der Waals surface area (Å²) >= 11 is 4.15. The fourth-order valence-corrected chi connectivity index (χ4v) is 5.61. The van der Waals surface area contributed by atoms with Crippen molar-refractivity contribution in [3.63, 3.8) is 0 Å². The summed E-state index contributed by atoms with van der Waals surface area (Å²) < 4.78 is 69.2. The summed E-state index contributed by atoms with van der Waals surface area (Å²) in [6.45, 7) is 3.60. The van der Waals surface area contributed by atoms with Crippen LogP contribution in [-0.4, -0.2) is 61.1 Å². The van der Waals surface area contributed by atoms with Crippen molar-refractivity contribution in [3.8, 4) is 0 Å². The Hall–Kier alpha value is -2.31. The number of likely N-dealkylation sites (N-methyl/N-ethyl adjacent to an activating group) is 1. The van der Waals surface area contributed by atoms with E-state index >= 15 is 0 Å². The van der Waals surface area contributed by atoms with Crippen molar-refractivity contribution in [3.05, 3.63) is 41.7 Å². The average molecular weight is 472 g/mol. The minimum atomic E-state index is -4.81. The van der Waals surface area contributed by atoms with E-state index in [9.17, 15) is 21.6 Å². The molecule has 0 N–H and O–H groups in total. The summed E-state index contributed by atoms with van der Waals surface area (Å²) in [5, 5.41) is 4.29. The molecule has 1 aromatic carbocycles. The Balaban J connectivity index is 2.03. The summed E-state index contributed by atoms with van der Waals surface area (Å²) in [6, 6.07) is 7.52. The van der Waals surface area contributed by atoms with E-state index in [-0.39, 0.29) is 31.8 Å². The van der Waals surface area contributed by atoms with Gasteiger partial charge in [-0.05, 0) is 26.1 Å². The van der Waals surface area contributed by atoms with Gasteiger partial charge in [-0.1, -0.05) is 18.2 Å². The highest BCUT2D eigenvalue weighted by atomic mass is 32.2. The van der Waals surface area contributed by atoms with Crippen LogP contribution in [0.5, 0.6) is 0 Å². The van der Waals surface area contributed by atoms with E-state index in [2.05, 4.69) is 27.6 Å². The normalized spacial score (nSPS) is 16.3. The molecule has 3 heterocycles. The highest BCUT2D eigenvalue weighted by Gasteiger charge is 2.40. The molecule has 2 aromatic heterocycles. The molecule has 0 atom stereocenters. The molecule has 1 fully saturated rings. The minimum absolute atomic E-state index is 0.0422. The Morgan fingerprint density at radius 2 is 1.68 bits per heavy atom. The third-order valence-electron chi connectivity index (χ3n) is 5.23. The van der Waals surface area contributed by atoms with E-state index < -0.39 is 21.7 Å². The first-order valence-corrected chi connectivity index (χ1v) is 11.4. The van der Waals surface area contributed by atoms with E-state index in [1.54, 1.807) is 23.1 Å². The van der Waals surface area contributed by atoms with Crippen LogP contribution < -0.4 is 4.90 Å². The molecule has 0 spiro atoms. The highest BCUT2D eigenvalue weighted by Crippen LogP contribution is 2.40. The zero-order chi connectivity index (χ0) is 22.6. The van der Waals surface area contributed by atoms with Gasteiger partial charge in [-0.15, -0.1) is 12.6 Å². The van der Waals surface area contributed by atoms with Gasteiger partial charge in [0.1, 0.15) is 10.7 Å². The van der Waals surface area contributed by atoms with Crippen LogP contribution >= 0.6 is 12.6 Å². The third kappa shape index (κ3) is 3.76. The van der Waals surface area contributed by atoms with Crippen LogP contribution in [0.15, 0.2) is 45.0 Å². The minimum Gasteiger partial charge on any atom is -0.353 e. The Labute approximate surface area is 182 Å². The lowest BCUT2D eigenvalue weighted by atomic mass is 10.3. The van der Waals surface area contributed by atoms with Crippen LogP contribution in [0.1, 0.15) is 11.4 Å². The monoisotopic (exact) mass is 471 g/mol. The summed E-state index contributed by atoms with van der Waals surface area (Å²) in [6.07, 6.45) is -4.81. The Morgan fingerprint density at radius 3 is 2.26 bits per heavy atom. The molecule has 12 heteroatoms. The SMILES string of the molecule is Cc1nn2c(N3CCN(C)CC3)c(S)c(C(F)(F)F)nc2c1S(=O)(=O)c1ccccc1. The molecule has 1 aliphatic heterocycles. The molecular weight excluding hydrogens is 451 g/mol. The lowest BCUT2D eigenvalue weighted by Crippen LogP contribution is -2.45. The van der Waals surface area contributed by atoms with E-state index in [0.717, 1.165) is 0 Å². The Bertz CT molecular complexity index is 1240.